The molecule has 24 heavy (non-hydrogen) atoms. The molecular weight excluding hydrogens is 304 g/mol. The lowest BCUT2D eigenvalue weighted by Crippen LogP contribution is -2.50. The summed E-state index contributed by atoms with van der Waals surface area (Å²) < 4.78 is 0. The molecular formula is C18H24N4O2. The quantitative estimate of drug-likeness (QED) is 0.873. The average molecular weight is 328 g/mol. The Labute approximate surface area is 141 Å². The molecule has 1 aliphatic carbocycles. The van der Waals surface area contributed by atoms with E-state index < -0.39 is 0 Å². The number of nitrogens with zero attached hydrogens (tertiary/aromatic N) is 2. The zero-order valence-electron chi connectivity index (χ0n) is 13.8. The predicted molar refractivity (Wildman–Crippen MR) is 91.6 cm³/mol. The number of fused-ring (bicyclic) bond motifs is 1. The Morgan fingerprint density at radius 1 is 1.25 bits per heavy atom. The fourth-order valence-electron chi connectivity index (χ4n) is 4.24. The Morgan fingerprint density at radius 3 is 2.54 bits per heavy atom. The molecule has 2 saturated heterocycles. The van der Waals surface area contributed by atoms with Crippen LogP contribution >= 0.6 is 0 Å². The van der Waals surface area contributed by atoms with E-state index in [-0.39, 0.29) is 29.4 Å². The lowest BCUT2D eigenvalue weighted by molar-refractivity contribution is -0.118. The van der Waals surface area contributed by atoms with Gasteiger partial charge in [0.1, 0.15) is 0 Å². The minimum Gasteiger partial charge on any atom is -0.370 e. The number of anilines is 1. The standard InChI is InChI=1S/C18H24N4O2/c19-14-2-1-9-21-15(14)11-22(17(21)24)13-5-3-12(4-6-13)18(7-8-18)10-16(20)23/h3-6,14-15H,1-2,7-11,19H2,(H2,20,23)/t14-,15-/m1/s1. The van der Waals surface area contributed by atoms with Gasteiger partial charge < -0.3 is 16.4 Å². The zero-order valence-corrected chi connectivity index (χ0v) is 13.8. The van der Waals surface area contributed by atoms with Gasteiger partial charge in [-0.05, 0) is 43.4 Å². The summed E-state index contributed by atoms with van der Waals surface area (Å²) in [5.74, 6) is -0.253. The number of piperidine rings is 1. The summed E-state index contributed by atoms with van der Waals surface area (Å²) in [6.45, 7) is 1.46. The molecule has 0 aromatic heterocycles. The van der Waals surface area contributed by atoms with Crippen molar-refractivity contribution in [2.24, 2.45) is 11.5 Å². The summed E-state index contributed by atoms with van der Waals surface area (Å²) in [5.41, 5.74) is 13.5. The van der Waals surface area contributed by atoms with Crippen LogP contribution in [0.1, 0.15) is 37.7 Å². The van der Waals surface area contributed by atoms with Gasteiger partial charge in [-0.2, -0.15) is 0 Å². The molecule has 1 aromatic rings. The molecule has 0 bridgehead atoms. The maximum Gasteiger partial charge on any atom is 0.324 e. The number of carbonyl (C=O) groups excluding carboxylic acids is 2. The van der Waals surface area contributed by atoms with Crippen LogP contribution in [0.15, 0.2) is 24.3 Å². The minimum atomic E-state index is -0.253. The van der Waals surface area contributed by atoms with Gasteiger partial charge in [0.15, 0.2) is 0 Å². The number of urea groups is 1. The van der Waals surface area contributed by atoms with Gasteiger partial charge in [-0.25, -0.2) is 4.79 Å². The molecule has 2 aliphatic heterocycles. The fraction of sp³-hybridized carbons (Fsp3) is 0.556. The maximum absolute atomic E-state index is 12.7. The number of carbonyl (C=O) groups is 2. The fourth-order valence-corrected chi connectivity index (χ4v) is 4.24. The van der Waals surface area contributed by atoms with Gasteiger partial charge in [-0.1, -0.05) is 12.1 Å². The second-order valence-corrected chi connectivity index (χ2v) is 7.43. The number of primary amides is 1. The van der Waals surface area contributed by atoms with Crippen LogP contribution in [0.4, 0.5) is 10.5 Å². The maximum atomic E-state index is 12.7. The first-order chi connectivity index (χ1) is 11.5. The predicted octanol–water partition coefficient (Wildman–Crippen LogP) is 1.33. The highest BCUT2D eigenvalue weighted by Gasteiger charge is 2.46. The lowest BCUT2D eigenvalue weighted by atomic mass is 9.92. The van der Waals surface area contributed by atoms with Crippen molar-refractivity contribution < 1.29 is 9.59 Å². The van der Waals surface area contributed by atoms with E-state index in [9.17, 15) is 9.59 Å². The Kier molecular flexibility index (Phi) is 3.53. The van der Waals surface area contributed by atoms with Crippen LogP contribution in [0.5, 0.6) is 0 Å². The van der Waals surface area contributed by atoms with E-state index in [4.69, 9.17) is 11.5 Å². The van der Waals surface area contributed by atoms with E-state index in [1.165, 1.54) is 0 Å². The summed E-state index contributed by atoms with van der Waals surface area (Å²) in [5, 5.41) is 0. The van der Waals surface area contributed by atoms with E-state index in [0.717, 1.165) is 43.5 Å². The molecule has 1 aromatic carbocycles. The molecule has 0 unspecified atom stereocenters. The summed E-state index contributed by atoms with van der Waals surface area (Å²) in [4.78, 5) is 27.7. The van der Waals surface area contributed by atoms with Gasteiger partial charge in [0.25, 0.3) is 0 Å². The van der Waals surface area contributed by atoms with Crippen LogP contribution in [0, 0.1) is 0 Å². The molecule has 2 heterocycles. The Hall–Kier alpha value is -2.08. The Balaban J connectivity index is 1.53. The van der Waals surface area contributed by atoms with E-state index in [0.29, 0.717) is 13.0 Å². The van der Waals surface area contributed by atoms with Gasteiger partial charge in [-0.3, -0.25) is 9.69 Å². The molecule has 4 N–H and O–H groups in total. The van der Waals surface area contributed by atoms with Gasteiger partial charge in [-0.15, -0.1) is 0 Å². The van der Waals surface area contributed by atoms with E-state index in [1.54, 1.807) is 0 Å². The molecule has 3 amide bonds. The van der Waals surface area contributed by atoms with Crippen LogP contribution in [0.3, 0.4) is 0 Å². The molecule has 0 radical (unpaired) electrons. The third-order valence-electron chi connectivity index (χ3n) is 5.83. The number of benzene rings is 1. The minimum absolute atomic E-state index is 0.0566. The molecule has 6 nitrogen and oxygen atoms in total. The van der Waals surface area contributed by atoms with Crippen molar-refractivity contribution in [3.63, 3.8) is 0 Å². The van der Waals surface area contributed by atoms with Crippen LogP contribution in [-0.2, 0) is 10.2 Å². The number of amides is 3. The van der Waals surface area contributed by atoms with Crippen LogP contribution in [-0.4, -0.2) is 42.0 Å². The lowest BCUT2D eigenvalue weighted by Gasteiger charge is -2.32. The molecule has 4 rings (SSSR count). The average Bonchev–Trinajstić information content (AvgIpc) is 3.25. The van der Waals surface area contributed by atoms with Crippen LogP contribution in [0.25, 0.3) is 0 Å². The third kappa shape index (κ3) is 2.45. The normalized spacial score (nSPS) is 28.0. The number of hydrogen-bond acceptors (Lipinski definition) is 3. The van der Waals surface area contributed by atoms with Crippen molar-refractivity contribution >= 4 is 17.6 Å². The van der Waals surface area contributed by atoms with Gasteiger partial charge in [0.2, 0.25) is 5.91 Å². The highest BCUT2D eigenvalue weighted by atomic mass is 16.2. The summed E-state index contributed by atoms with van der Waals surface area (Å²) in [7, 11) is 0. The van der Waals surface area contributed by atoms with Crippen molar-refractivity contribution in [1.82, 2.24) is 4.90 Å². The number of hydrogen-bond donors (Lipinski definition) is 2. The molecule has 3 fully saturated rings. The number of rotatable bonds is 4. The molecule has 128 valence electrons. The zero-order chi connectivity index (χ0) is 16.9. The van der Waals surface area contributed by atoms with Crippen molar-refractivity contribution in [2.45, 2.75) is 49.6 Å². The molecule has 2 atom stereocenters. The topological polar surface area (TPSA) is 92.7 Å². The Bertz CT molecular complexity index is 668. The van der Waals surface area contributed by atoms with Crippen molar-refractivity contribution in [3.05, 3.63) is 29.8 Å². The molecule has 3 aliphatic rings. The first-order valence-electron chi connectivity index (χ1n) is 8.73. The van der Waals surface area contributed by atoms with Crippen molar-refractivity contribution in [3.8, 4) is 0 Å². The highest BCUT2D eigenvalue weighted by Crippen LogP contribution is 2.51. The highest BCUT2D eigenvalue weighted by molar-refractivity contribution is 5.95. The smallest absolute Gasteiger partial charge is 0.324 e. The largest absolute Gasteiger partial charge is 0.370 e. The monoisotopic (exact) mass is 328 g/mol. The summed E-state index contributed by atoms with van der Waals surface area (Å²) in [6, 6.07) is 8.29. The summed E-state index contributed by atoms with van der Waals surface area (Å²) >= 11 is 0. The summed E-state index contributed by atoms with van der Waals surface area (Å²) in [6.07, 6.45) is 4.37. The van der Waals surface area contributed by atoms with Gasteiger partial charge >= 0.3 is 6.03 Å². The SMILES string of the molecule is NC(=O)CC1(c2ccc(N3C[C@@H]4[C@H](N)CCCN4C3=O)cc2)CC1. The molecule has 6 heteroatoms. The van der Waals surface area contributed by atoms with Crippen molar-refractivity contribution in [2.75, 3.05) is 18.0 Å². The third-order valence-corrected chi connectivity index (χ3v) is 5.83. The first kappa shape index (κ1) is 15.4. The van der Waals surface area contributed by atoms with Gasteiger partial charge in [0, 0.05) is 36.7 Å². The van der Waals surface area contributed by atoms with Crippen LogP contribution in [0.2, 0.25) is 0 Å². The van der Waals surface area contributed by atoms with E-state index in [2.05, 4.69) is 0 Å². The van der Waals surface area contributed by atoms with Gasteiger partial charge in [0.05, 0.1) is 6.04 Å². The Morgan fingerprint density at radius 2 is 1.96 bits per heavy atom. The van der Waals surface area contributed by atoms with E-state index >= 15 is 0 Å². The molecule has 1 saturated carbocycles. The van der Waals surface area contributed by atoms with E-state index in [1.807, 2.05) is 34.1 Å². The second kappa shape index (κ2) is 5.48. The number of nitrogens with two attached hydrogens (primary N) is 2. The second-order valence-electron chi connectivity index (χ2n) is 7.43. The first-order valence-corrected chi connectivity index (χ1v) is 8.73. The van der Waals surface area contributed by atoms with Crippen molar-refractivity contribution in [1.29, 1.82) is 0 Å². The van der Waals surface area contributed by atoms with Crippen LogP contribution < -0.4 is 16.4 Å². The molecule has 0 spiro atoms.